The average molecular weight is 430 g/mol. The van der Waals surface area contributed by atoms with Crippen LogP contribution in [0.25, 0.3) is 0 Å². The van der Waals surface area contributed by atoms with Crippen LogP contribution in [0.2, 0.25) is 5.02 Å². The minimum Gasteiger partial charge on any atom is -0.396 e. The van der Waals surface area contributed by atoms with Crippen molar-refractivity contribution < 1.29 is 27.5 Å². The van der Waals surface area contributed by atoms with Crippen LogP contribution in [0.15, 0.2) is 42.5 Å². The maximum Gasteiger partial charge on any atom is 0.416 e. The van der Waals surface area contributed by atoms with E-state index >= 15 is 0 Å². The molecule has 1 amide bonds. The second-order valence-electron chi connectivity index (χ2n) is 7.45. The van der Waals surface area contributed by atoms with Gasteiger partial charge in [0.15, 0.2) is 0 Å². The number of nitrogens with zero attached hydrogens (tertiary/aromatic N) is 1. The Morgan fingerprint density at radius 3 is 2.59 bits per heavy atom. The van der Waals surface area contributed by atoms with Crippen molar-refractivity contribution in [3.63, 3.8) is 0 Å². The van der Waals surface area contributed by atoms with Crippen molar-refractivity contribution in [3.8, 4) is 0 Å². The molecule has 0 bridgehead atoms. The Labute approximate surface area is 170 Å². The molecule has 1 saturated heterocycles. The van der Waals surface area contributed by atoms with E-state index in [1.54, 1.807) is 18.2 Å². The van der Waals surface area contributed by atoms with Gasteiger partial charge in [-0.3, -0.25) is 4.79 Å². The third-order valence-electron chi connectivity index (χ3n) is 5.33. The van der Waals surface area contributed by atoms with E-state index in [0.29, 0.717) is 24.9 Å². The number of aliphatic hydroxyl groups excluding tert-OH is 1. The van der Waals surface area contributed by atoms with E-state index in [-0.39, 0.29) is 30.2 Å². The number of aliphatic hydroxyl groups is 1. The molecular weight excluding hydrogens is 410 g/mol. The normalized spacial score (nSPS) is 20.0. The van der Waals surface area contributed by atoms with Crippen LogP contribution in [0.1, 0.15) is 34.3 Å². The number of likely N-dealkylation sites (tertiary alicyclic amines) is 1. The summed E-state index contributed by atoms with van der Waals surface area (Å²) in [6, 6.07) is 8.84. The van der Waals surface area contributed by atoms with Crippen molar-refractivity contribution in [1.29, 1.82) is 0 Å². The molecule has 0 aliphatic carbocycles. The molecule has 8 heteroatoms. The van der Waals surface area contributed by atoms with E-state index in [2.05, 4.69) is 0 Å². The van der Waals surface area contributed by atoms with E-state index in [1.165, 1.54) is 11.0 Å². The lowest BCUT2D eigenvalue weighted by Crippen LogP contribution is -2.49. The van der Waals surface area contributed by atoms with Crippen LogP contribution in [-0.4, -0.2) is 35.6 Å². The first-order valence-corrected chi connectivity index (χ1v) is 9.53. The summed E-state index contributed by atoms with van der Waals surface area (Å²) in [6.07, 6.45) is -3.27. The lowest BCUT2D eigenvalue weighted by molar-refractivity contribution is -0.137. The van der Waals surface area contributed by atoms with Crippen molar-refractivity contribution >= 4 is 17.5 Å². The highest BCUT2D eigenvalue weighted by Crippen LogP contribution is 2.36. The summed E-state index contributed by atoms with van der Waals surface area (Å²) < 4.78 is 53.2. The molecule has 3 nitrogen and oxygen atoms in total. The molecule has 1 heterocycles. The third kappa shape index (κ3) is 4.73. The third-order valence-corrected chi connectivity index (χ3v) is 5.66. The Morgan fingerprint density at radius 2 is 1.93 bits per heavy atom. The molecule has 3 rings (SSSR count). The second kappa shape index (κ2) is 8.32. The maximum absolute atomic E-state index is 14.1. The number of rotatable bonds is 4. The second-order valence-corrected chi connectivity index (χ2v) is 7.86. The molecule has 0 radical (unpaired) electrons. The first-order valence-electron chi connectivity index (χ1n) is 9.15. The van der Waals surface area contributed by atoms with Crippen molar-refractivity contribution in [2.75, 3.05) is 19.7 Å². The fraction of sp³-hybridized carbons (Fsp3) is 0.381. The molecule has 1 atom stereocenters. The van der Waals surface area contributed by atoms with Gasteiger partial charge in [-0.25, -0.2) is 4.39 Å². The molecule has 0 unspecified atom stereocenters. The van der Waals surface area contributed by atoms with E-state index < -0.39 is 28.9 Å². The van der Waals surface area contributed by atoms with Gasteiger partial charge in [-0.05, 0) is 49.1 Å². The van der Waals surface area contributed by atoms with Crippen molar-refractivity contribution in [2.45, 2.75) is 25.4 Å². The largest absolute Gasteiger partial charge is 0.416 e. The molecule has 0 saturated carbocycles. The van der Waals surface area contributed by atoms with E-state index in [1.807, 2.05) is 0 Å². The molecule has 2 aromatic rings. The van der Waals surface area contributed by atoms with Crippen LogP contribution in [0.3, 0.4) is 0 Å². The number of carbonyl (C=O) groups excluding carboxylic acids is 1. The van der Waals surface area contributed by atoms with Gasteiger partial charge in [0.25, 0.3) is 5.91 Å². The van der Waals surface area contributed by atoms with Crippen molar-refractivity contribution in [2.24, 2.45) is 5.41 Å². The molecular formula is C21H20ClF4NO2. The zero-order valence-corrected chi connectivity index (χ0v) is 16.2. The predicted octanol–water partition coefficient (Wildman–Crippen LogP) is 4.96. The summed E-state index contributed by atoms with van der Waals surface area (Å²) in [5, 5.41) is 9.96. The molecule has 156 valence electrons. The topological polar surface area (TPSA) is 40.5 Å². The van der Waals surface area contributed by atoms with Crippen LogP contribution >= 0.6 is 11.6 Å². The Morgan fingerprint density at radius 1 is 1.21 bits per heavy atom. The summed E-state index contributed by atoms with van der Waals surface area (Å²) in [5.74, 6) is -1.03. The highest BCUT2D eigenvalue weighted by molar-refractivity contribution is 6.33. The molecule has 1 aliphatic rings. The number of amides is 1. The zero-order valence-electron chi connectivity index (χ0n) is 15.5. The number of alkyl halides is 3. The quantitative estimate of drug-likeness (QED) is 0.698. The molecule has 1 fully saturated rings. The van der Waals surface area contributed by atoms with Gasteiger partial charge in [-0.15, -0.1) is 0 Å². The Balaban J connectivity index is 1.86. The zero-order chi connectivity index (χ0) is 21.2. The monoisotopic (exact) mass is 429 g/mol. The van der Waals surface area contributed by atoms with Gasteiger partial charge in [0, 0.05) is 18.5 Å². The first kappa shape index (κ1) is 21.6. The highest BCUT2D eigenvalue weighted by atomic mass is 35.5. The number of carbonyl (C=O) groups is 1. The molecule has 1 N–H and O–H groups in total. The summed E-state index contributed by atoms with van der Waals surface area (Å²) in [7, 11) is 0. The smallest absolute Gasteiger partial charge is 0.396 e. The lowest BCUT2D eigenvalue weighted by Gasteiger charge is -2.42. The molecule has 29 heavy (non-hydrogen) atoms. The summed E-state index contributed by atoms with van der Waals surface area (Å²) >= 11 is 6.00. The van der Waals surface area contributed by atoms with Gasteiger partial charge in [-0.1, -0.05) is 29.8 Å². The van der Waals surface area contributed by atoms with Crippen molar-refractivity contribution in [1.82, 2.24) is 4.90 Å². The highest BCUT2D eigenvalue weighted by Gasteiger charge is 2.39. The van der Waals surface area contributed by atoms with Gasteiger partial charge in [0.1, 0.15) is 5.82 Å². The van der Waals surface area contributed by atoms with Gasteiger partial charge < -0.3 is 10.0 Å². The van der Waals surface area contributed by atoms with Gasteiger partial charge in [-0.2, -0.15) is 13.2 Å². The molecule has 2 aromatic carbocycles. The minimum atomic E-state index is -4.60. The summed E-state index contributed by atoms with van der Waals surface area (Å²) in [5.41, 5.74) is -1.54. The van der Waals surface area contributed by atoms with E-state index in [4.69, 9.17) is 11.6 Å². The van der Waals surface area contributed by atoms with Crippen LogP contribution in [-0.2, 0) is 12.6 Å². The number of halogens is 5. The summed E-state index contributed by atoms with van der Waals surface area (Å²) in [4.78, 5) is 14.3. The predicted molar refractivity (Wildman–Crippen MR) is 101 cm³/mol. The Kier molecular flexibility index (Phi) is 6.19. The molecule has 1 aliphatic heterocycles. The average Bonchev–Trinajstić information content (AvgIpc) is 2.69. The maximum atomic E-state index is 14.1. The van der Waals surface area contributed by atoms with Crippen LogP contribution in [0.4, 0.5) is 17.6 Å². The van der Waals surface area contributed by atoms with Crippen LogP contribution in [0.5, 0.6) is 0 Å². The van der Waals surface area contributed by atoms with Gasteiger partial charge in [0.2, 0.25) is 0 Å². The van der Waals surface area contributed by atoms with E-state index in [0.717, 1.165) is 18.2 Å². The number of benzene rings is 2. The SMILES string of the molecule is O=C(c1cc(C(F)(F)F)ccc1Cl)N1CCC[C@@](CO)(Cc2ccccc2F)C1. The standard InChI is InChI=1S/C21H20ClF4NO2/c22-17-7-6-15(21(24,25)26)10-16(17)19(29)27-9-3-8-20(12-27,13-28)11-14-4-1-2-5-18(14)23/h1-2,4-7,10,28H,3,8-9,11-13H2/t20-/m1/s1. The van der Waals surface area contributed by atoms with E-state index in [9.17, 15) is 27.5 Å². The minimum absolute atomic E-state index is 0.0720. The fourth-order valence-corrected chi connectivity index (χ4v) is 3.99. The number of hydrogen-bond donors (Lipinski definition) is 1. The molecule has 0 spiro atoms. The lowest BCUT2D eigenvalue weighted by atomic mass is 9.75. The first-order chi connectivity index (χ1) is 13.6. The Hall–Kier alpha value is -2.12. The Bertz CT molecular complexity index is 902. The van der Waals surface area contributed by atoms with Crippen LogP contribution in [0, 0.1) is 11.2 Å². The van der Waals surface area contributed by atoms with Gasteiger partial charge in [0.05, 0.1) is 22.8 Å². The fourth-order valence-electron chi connectivity index (χ4n) is 3.79. The number of piperidine rings is 1. The summed E-state index contributed by atoms with van der Waals surface area (Å²) in [6.45, 7) is 0.148. The van der Waals surface area contributed by atoms with Gasteiger partial charge >= 0.3 is 6.18 Å². The van der Waals surface area contributed by atoms with Crippen molar-refractivity contribution in [3.05, 3.63) is 70.0 Å². The molecule has 0 aromatic heterocycles. The number of hydrogen-bond acceptors (Lipinski definition) is 2. The van der Waals surface area contributed by atoms with Crippen LogP contribution < -0.4 is 0 Å².